The topological polar surface area (TPSA) is 105 Å². The summed E-state index contributed by atoms with van der Waals surface area (Å²) in [6.07, 6.45) is -0.271. The minimum absolute atomic E-state index is 0.0129. The average molecular weight is 680 g/mol. The number of aromatic nitrogens is 1. The molecule has 0 amide bonds. The second-order valence-electron chi connectivity index (χ2n) is 11.4. The Morgan fingerprint density at radius 1 is 1.04 bits per heavy atom. The lowest BCUT2D eigenvalue weighted by Crippen LogP contribution is -2.24. The van der Waals surface area contributed by atoms with Gasteiger partial charge in [0.25, 0.3) is 0 Å². The summed E-state index contributed by atoms with van der Waals surface area (Å²) in [5.41, 5.74) is 1.87. The van der Waals surface area contributed by atoms with Crippen LogP contribution in [-0.2, 0) is 19.4 Å². The zero-order valence-corrected chi connectivity index (χ0v) is 26.9. The molecule has 5 rings (SSSR count). The third kappa shape index (κ3) is 8.44. The summed E-state index contributed by atoms with van der Waals surface area (Å²) in [6, 6.07) is 15.8. The van der Waals surface area contributed by atoms with Crippen molar-refractivity contribution in [3.63, 3.8) is 0 Å². The summed E-state index contributed by atoms with van der Waals surface area (Å²) in [5.74, 6) is 0.162. The van der Waals surface area contributed by atoms with Gasteiger partial charge in [-0.1, -0.05) is 41.9 Å². The number of carbonyl (C=O) groups excluding carboxylic acids is 1. The summed E-state index contributed by atoms with van der Waals surface area (Å²) in [7, 11) is 0. The number of halogens is 4. The van der Waals surface area contributed by atoms with E-state index in [4.69, 9.17) is 31.1 Å². The maximum Gasteiger partial charge on any atom is 0.420 e. The second kappa shape index (κ2) is 15.5. The molecule has 3 aromatic carbocycles. The van der Waals surface area contributed by atoms with Crippen molar-refractivity contribution in [2.75, 3.05) is 26.2 Å². The molecule has 0 spiro atoms. The molecule has 1 aliphatic rings. The van der Waals surface area contributed by atoms with Crippen molar-refractivity contribution in [1.82, 2.24) is 9.88 Å². The lowest BCUT2D eigenvalue weighted by atomic mass is 9.92. The van der Waals surface area contributed by atoms with Crippen molar-refractivity contribution >= 4 is 17.9 Å². The molecular formula is C36H33ClF3N3O5. The fraction of sp³-hybridized carbons (Fsp3) is 0.306. The largest absolute Gasteiger partial charge is 0.493 e. The minimum Gasteiger partial charge on any atom is -0.493 e. The molecule has 2 heterocycles. The second-order valence-corrected chi connectivity index (χ2v) is 11.8. The minimum atomic E-state index is -4.68. The SMILES string of the molecule is Cc1c(COc2cc(OCc3cncc(C#N)c3)c(C=O)cc2Cl)cccc1-c1cccc(OCCCN2CC[C@H](O)C2)c1C(F)(F)F. The van der Waals surface area contributed by atoms with Gasteiger partial charge in [-0.05, 0) is 60.2 Å². The van der Waals surface area contributed by atoms with Gasteiger partial charge in [0.2, 0.25) is 0 Å². The molecule has 0 radical (unpaired) electrons. The molecule has 1 fully saturated rings. The van der Waals surface area contributed by atoms with Gasteiger partial charge in [-0.25, -0.2) is 0 Å². The van der Waals surface area contributed by atoms with Crippen molar-refractivity contribution in [2.24, 2.45) is 0 Å². The van der Waals surface area contributed by atoms with Crippen molar-refractivity contribution < 1.29 is 37.3 Å². The number of pyridine rings is 1. The molecule has 1 atom stereocenters. The number of aldehydes is 1. The van der Waals surface area contributed by atoms with E-state index in [0.717, 1.165) is 6.54 Å². The molecule has 0 aliphatic carbocycles. The van der Waals surface area contributed by atoms with Crippen molar-refractivity contribution in [3.8, 4) is 34.4 Å². The number of carbonyl (C=O) groups is 1. The molecule has 1 aromatic heterocycles. The number of aliphatic hydroxyl groups is 1. The van der Waals surface area contributed by atoms with Gasteiger partial charge in [-0.15, -0.1) is 0 Å². The number of aliphatic hydroxyl groups excluding tert-OH is 1. The molecule has 0 saturated carbocycles. The molecule has 48 heavy (non-hydrogen) atoms. The predicted octanol–water partition coefficient (Wildman–Crippen LogP) is 7.41. The van der Waals surface area contributed by atoms with Gasteiger partial charge in [0.15, 0.2) is 6.29 Å². The van der Waals surface area contributed by atoms with Crippen LogP contribution in [-0.4, -0.2) is 53.6 Å². The molecule has 1 saturated heterocycles. The van der Waals surface area contributed by atoms with Crippen molar-refractivity contribution in [3.05, 3.63) is 105 Å². The summed E-state index contributed by atoms with van der Waals surface area (Å²) in [6.45, 7) is 3.76. The number of alkyl halides is 3. The first-order chi connectivity index (χ1) is 23.1. The van der Waals surface area contributed by atoms with Gasteiger partial charge in [0.1, 0.15) is 42.1 Å². The molecular weight excluding hydrogens is 647 g/mol. The highest BCUT2D eigenvalue weighted by molar-refractivity contribution is 6.32. The predicted molar refractivity (Wildman–Crippen MR) is 173 cm³/mol. The number of nitriles is 1. The van der Waals surface area contributed by atoms with E-state index in [1.54, 1.807) is 43.5 Å². The third-order valence-electron chi connectivity index (χ3n) is 8.06. The highest BCUT2D eigenvalue weighted by Gasteiger charge is 2.38. The number of β-amino-alcohol motifs (C(OH)–C–C–N with tert-alkyl or cyclic N) is 1. The number of likely N-dealkylation sites (tertiary alicyclic amines) is 1. The van der Waals surface area contributed by atoms with Crippen LogP contribution >= 0.6 is 11.6 Å². The summed E-state index contributed by atoms with van der Waals surface area (Å²) in [5, 5.41) is 19.0. The Labute approximate surface area is 281 Å². The maximum absolute atomic E-state index is 14.5. The normalized spacial score (nSPS) is 14.8. The molecule has 12 heteroatoms. The molecule has 1 N–H and O–H groups in total. The zero-order chi connectivity index (χ0) is 34.3. The van der Waals surface area contributed by atoms with Gasteiger partial charge in [-0.3, -0.25) is 9.78 Å². The van der Waals surface area contributed by atoms with E-state index in [0.29, 0.717) is 60.0 Å². The van der Waals surface area contributed by atoms with E-state index in [-0.39, 0.29) is 59.3 Å². The molecule has 0 unspecified atom stereocenters. The van der Waals surface area contributed by atoms with E-state index in [1.165, 1.54) is 30.5 Å². The Morgan fingerprint density at radius 3 is 2.54 bits per heavy atom. The Balaban J connectivity index is 1.33. The van der Waals surface area contributed by atoms with Crippen LogP contribution in [0.1, 0.15) is 51.0 Å². The Bertz CT molecular complexity index is 1810. The molecule has 4 aromatic rings. The highest BCUT2D eigenvalue weighted by Crippen LogP contribution is 2.44. The average Bonchev–Trinajstić information content (AvgIpc) is 3.50. The number of ether oxygens (including phenoxy) is 3. The summed E-state index contributed by atoms with van der Waals surface area (Å²) in [4.78, 5) is 17.8. The number of hydrogen-bond donors (Lipinski definition) is 1. The van der Waals surface area contributed by atoms with E-state index < -0.39 is 11.7 Å². The van der Waals surface area contributed by atoms with E-state index in [9.17, 15) is 23.1 Å². The Morgan fingerprint density at radius 2 is 1.81 bits per heavy atom. The van der Waals surface area contributed by atoms with Crippen LogP contribution in [0.25, 0.3) is 11.1 Å². The van der Waals surface area contributed by atoms with Gasteiger partial charge >= 0.3 is 6.18 Å². The van der Waals surface area contributed by atoms with Crippen LogP contribution in [0, 0.1) is 18.3 Å². The smallest absolute Gasteiger partial charge is 0.420 e. The lowest BCUT2D eigenvalue weighted by molar-refractivity contribution is -0.138. The Hall–Kier alpha value is -4.63. The number of benzene rings is 3. The van der Waals surface area contributed by atoms with Crippen LogP contribution in [0.5, 0.6) is 17.2 Å². The molecule has 0 bridgehead atoms. The first-order valence-electron chi connectivity index (χ1n) is 15.3. The fourth-order valence-corrected chi connectivity index (χ4v) is 5.83. The van der Waals surface area contributed by atoms with Crippen LogP contribution in [0.15, 0.2) is 67.0 Å². The van der Waals surface area contributed by atoms with Crippen LogP contribution in [0.3, 0.4) is 0 Å². The first kappa shape index (κ1) is 34.7. The highest BCUT2D eigenvalue weighted by atomic mass is 35.5. The molecule has 8 nitrogen and oxygen atoms in total. The fourth-order valence-electron chi connectivity index (χ4n) is 5.61. The zero-order valence-electron chi connectivity index (χ0n) is 26.1. The van der Waals surface area contributed by atoms with Crippen LogP contribution in [0.4, 0.5) is 13.2 Å². The van der Waals surface area contributed by atoms with Gasteiger partial charge in [0.05, 0.1) is 28.9 Å². The van der Waals surface area contributed by atoms with E-state index in [2.05, 4.69) is 9.88 Å². The van der Waals surface area contributed by atoms with Crippen molar-refractivity contribution in [1.29, 1.82) is 5.26 Å². The monoisotopic (exact) mass is 679 g/mol. The Kier molecular flexibility index (Phi) is 11.2. The number of hydrogen-bond acceptors (Lipinski definition) is 8. The van der Waals surface area contributed by atoms with Crippen LogP contribution in [0.2, 0.25) is 5.02 Å². The van der Waals surface area contributed by atoms with Gasteiger partial charge in [-0.2, -0.15) is 18.4 Å². The quantitative estimate of drug-likeness (QED) is 0.115. The summed E-state index contributed by atoms with van der Waals surface area (Å²) < 4.78 is 61.1. The summed E-state index contributed by atoms with van der Waals surface area (Å²) >= 11 is 6.42. The molecule has 250 valence electrons. The first-order valence-corrected chi connectivity index (χ1v) is 15.7. The standard InChI is InChI=1S/C36H33ClF3N3O5/c1-23-26(22-48-34-15-33(27(20-44)14-31(34)37)47-21-25-13-24(16-41)17-42-18-25)5-2-6-29(23)30-7-3-8-32(35(30)36(38,39)40)46-12-4-10-43-11-9-28(45)19-43/h2-3,5-8,13-15,17-18,20,28,45H,4,9-12,19,21-22H2,1H3/t28-/m0/s1. The van der Waals surface area contributed by atoms with Crippen molar-refractivity contribution in [2.45, 2.75) is 45.3 Å². The van der Waals surface area contributed by atoms with Crippen LogP contribution < -0.4 is 14.2 Å². The molecule has 1 aliphatic heterocycles. The third-order valence-corrected chi connectivity index (χ3v) is 8.36. The van der Waals surface area contributed by atoms with E-state index in [1.807, 2.05) is 6.07 Å². The van der Waals surface area contributed by atoms with Gasteiger partial charge < -0.3 is 24.2 Å². The van der Waals surface area contributed by atoms with E-state index >= 15 is 0 Å². The lowest BCUT2D eigenvalue weighted by Gasteiger charge is -2.21. The number of rotatable bonds is 13. The van der Waals surface area contributed by atoms with Gasteiger partial charge in [0, 0.05) is 43.7 Å². The maximum atomic E-state index is 14.5. The number of nitrogens with zero attached hydrogens (tertiary/aromatic N) is 3.